The van der Waals surface area contributed by atoms with Gasteiger partial charge in [0.25, 0.3) is 0 Å². The molecule has 1 aromatic heterocycles. The van der Waals surface area contributed by atoms with E-state index in [1.54, 1.807) is 30.0 Å². The highest BCUT2D eigenvalue weighted by atomic mass is 35.5. The number of methoxy groups -OCH3 is 1. The maximum atomic E-state index is 10.9. The lowest BCUT2D eigenvalue weighted by molar-refractivity contribution is 0.194. The van der Waals surface area contributed by atoms with Crippen LogP contribution in [0.15, 0.2) is 42.5 Å². The highest BCUT2D eigenvalue weighted by Gasteiger charge is 2.19. The molecule has 10 heteroatoms. The Morgan fingerprint density at radius 3 is 2.39 bits per heavy atom. The highest BCUT2D eigenvalue weighted by Crippen LogP contribution is 2.33. The van der Waals surface area contributed by atoms with Crippen molar-refractivity contribution in [2.24, 2.45) is 0 Å². The Bertz CT molecular complexity index is 1070. The van der Waals surface area contributed by atoms with E-state index in [-0.39, 0.29) is 6.54 Å². The fraction of sp³-hybridized carbons (Fsp3) is 0.304. The molecule has 0 aliphatic carbocycles. The van der Waals surface area contributed by atoms with Gasteiger partial charge in [-0.25, -0.2) is 4.79 Å². The standard InChI is InChI=1S/C23H26Cl2N4O4/c1-3-20-22(33-19-11-16(24)10-17(25)12-19)21(29(28-20)9-8-27-23(30)31)14-26-13-15-4-6-18(32-2)7-5-15/h4-7,10-12,26-27H,3,8-9,13-14H2,1-2H3,(H,30,31). The minimum absolute atomic E-state index is 0.216. The molecule has 2 aromatic carbocycles. The molecule has 0 unspecified atom stereocenters. The van der Waals surface area contributed by atoms with Gasteiger partial charge in [0.2, 0.25) is 0 Å². The summed E-state index contributed by atoms with van der Waals surface area (Å²) in [5, 5.41) is 20.3. The predicted molar refractivity (Wildman–Crippen MR) is 128 cm³/mol. The van der Waals surface area contributed by atoms with Crippen molar-refractivity contribution in [3.05, 3.63) is 69.5 Å². The smallest absolute Gasteiger partial charge is 0.404 e. The molecule has 0 aliphatic heterocycles. The first kappa shape index (κ1) is 24.7. The van der Waals surface area contributed by atoms with Gasteiger partial charge in [0.05, 0.1) is 19.3 Å². The number of ether oxygens (including phenoxy) is 2. The molecule has 0 radical (unpaired) electrons. The van der Waals surface area contributed by atoms with Crippen LogP contribution in [0.3, 0.4) is 0 Å². The Kier molecular flexibility index (Phi) is 8.82. The molecule has 0 spiro atoms. The number of hydrogen-bond acceptors (Lipinski definition) is 5. The fourth-order valence-corrected chi connectivity index (χ4v) is 3.79. The molecule has 3 aromatic rings. The van der Waals surface area contributed by atoms with Crippen molar-refractivity contribution in [1.82, 2.24) is 20.4 Å². The van der Waals surface area contributed by atoms with Crippen molar-refractivity contribution in [3.63, 3.8) is 0 Å². The second kappa shape index (κ2) is 11.8. The summed E-state index contributed by atoms with van der Waals surface area (Å²) in [6.45, 7) is 3.63. The molecule has 3 N–H and O–H groups in total. The van der Waals surface area contributed by atoms with Crippen LogP contribution in [-0.2, 0) is 26.1 Å². The van der Waals surface area contributed by atoms with Crippen LogP contribution in [0.4, 0.5) is 4.79 Å². The van der Waals surface area contributed by atoms with Gasteiger partial charge in [0.1, 0.15) is 17.2 Å². The van der Waals surface area contributed by atoms with E-state index in [1.165, 1.54) is 0 Å². The lowest BCUT2D eigenvalue weighted by Gasteiger charge is -2.13. The summed E-state index contributed by atoms with van der Waals surface area (Å²) >= 11 is 12.3. The molecule has 33 heavy (non-hydrogen) atoms. The SMILES string of the molecule is CCc1nn(CCNC(=O)O)c(CNCc2ccc(OC)cc2)c1Oc1cc(Cl)cc(Cl)c1. The summed E-state index contributed by atoms with van der Waals surface area (Å²) in [6, 6.07) is 12.8. The zero-order valence-electron chi connectivity index (χ0n) is 18.4. The van der Waals surface area contributed by atoms with Gasteiger partial charge in [-0.2, -0.15) is 5.10 Å². The van der Waals surface area contributed by atoms with Crippen LogP contribution in [0, 0.1) is 0 Å². The number of hydrogen-bond donors (Lipinski definition) is 3. The van der Waals surface area contributed by atoms with Gasteiger partial charge >= 0.3 is 6.09 Å². The van der Waals surface area contributed by atoms with Crippen LogP contribution < -0.4 is 20.1 Å². The van der Waals surface area contributed by atoms with Crippen molar-refractivity contribution in [3.8, 4) is 17.2 Å². The van der Waals surface area contributed by atoms with Gasteiger partial charge in [0.15, 0.2) is 5.75 Å². The van der Waals surface area contributed by atoms with Gasteiger partial charge in [-0.3, -0.25) is 4.68 Å². The first-order valence-electron chi connectivity index (χ1n) is 10.4. The molecule has 1 amide bonds. The third-order valence-electron chi connectivity index (χ3n) is 4.85. The topological polar surface area (TPSA) is 97.6 Å². The van der Waals surface area contributed by atoms with Crippen molar-refractivity contribution < 1.29 is 19.4 Å². The predicted octanol–water partition coefficient (Wildman–Crippen LogP) is 5.11. The van der Waals surface area contributed by atoms with Crippen LogP contribution in [0.2, 0.25) is 10.0 Å². The highest BCUT2D eigenvalue weighted by molar-refractivity contribution is 6.34. The second-order valence-electron chi connectivity index (χ2n) is 7.19. The molecule has 0 aliphatic rings. The van der Waals surface area contributed by atoms with Crippen LogP contribution in [0.5, 0.6) is 17.2 Å². The zero-order chi connectivity index (χ0) is 23.8. The minimum atomic E-state index is -1.08. The summed E-state index contributed by atoms with van der Waals surface area (Å²) in [6.07, 6.45) is -0.448. The van der Waals surface area contributed by atoms with Gasteiger partial charge in [-0.1, -0.05) is 42.3 Å². The number of aryl methyl sites for hydroxylation is 1. The molecule has 0 atom stereocenters. The maximum Gasteiger partial charge on any atom is 0.404 e. The number of nitrogens with zero attached hydrogens (tertiary/aromatic N) is 2. The van der Waals surface area contributed by atoms with Crippen molar-refractivity contribution >= 4 is 29.3 Å². The van der Waals surface area contributed by atoms with E-state index >= 15 is 0 Å². The Labute approximate surface area is 202 Å². The molecule has 8 nitrogen and oxygen atoms in total. The Hall–Kier alpha value is -2.94. The molecule has 0 saturated heterocycles. The number of nitrogens with one attached hydrogen (secondary N) is 2. The van der Waals surface area contributed by atoms with Crippen LogP contribution in [-0.4, -0.2) is 34.6 Å². The van der Waals surface area contributed by atoms with Gasteiger partial charge in [-0.15, -0.1) is 0 Å². The van der Waals surface area contributed by atoms with E-state index < -0.39 is 6.09 Å². The number of rotatable bonds is 11. The fourth-order valence-electron chi connectivity index (χ4n) is 3.28. The van der Waals surface area contributed by atoms with Crippen molar-refractivity contribution in [2.45, 2.75) is 33.0 Å². The third-order valence-corrected chi connectivity index (χ3v) is 5.28. The Balaban J connectivity index is 1.83. The molecular formula is C23H26Cl2N4O4. The second-order valence-corrected chi connectivity index (χ2v) is 8.06. The van der Waals surface area contributed by atoms with E-state index in [9.17, 15) is 4.79 Å². The average Bonchev–Trinajstić information content (AvgIpc) is 3.09. The van der Waals surface area contributed by atoms with E-state index in [4.69, 9.17) is 37.8 Å². The Morgan fingerprint density at radius 2 is 1.79 bits per heavy atom. The number of halogens is 2. The summed E-state index contributed by atoms with van der Waals surface area (Å²) in [5.41, 5.74) is 2.64. The summed E-state index contributed by atoms with van der Waals surface area (Å²) < 4.78 is 13.2. The zero-order valence-corrected chi connectivity index (χ0v) is 19.9. The van der Waals surface area contributed by atoms with Gasteiger partial charge < -0.3 is 25.2 Å². The number of carbonyl (C=O) groups is 1. The summed E-state index contributed by atoms with van der Waals surface area (Å²) in [5.74, 6) is 1.90. The number of benzene rings is 2. The van der Waals surface area contributed by atoms with Crippen LogP contribution in [0.1, 0.15) is 23.9 Å². The first-order valence-corrected chi connectivity index (χ1v) is 11.2. The Morgan fingerprint density at radius 1 is 1.09 bits per heavy atom. The quantitative estimate of drug-likeness (QED) is 0.344. The summed E-state index contributed by atoms with van der Waals surface area (Å²) in [7, 11) is 1.63. The molecule has 0 fully saturated rings. The minimum Gasteiger partial charge on any atom is -0.497 e. The molecule has 3 rings (SSSR count). The van der Waals surface area contributed by atoms with E-state index in [1.807, 2.05) is 31.2 Å². The molecule has 0 bridgehead atoms. The van der Waals surface area contributed by atoms with Crippen LogP contribution in [0.25, 0.3) is 0 Å². The van der Waals surface area contributed by atoms with Gasteiger partial charge in [0, 0.05) is 29.7 Å². The largest absolute Gasteiger partial charge is 0.497 e. The molecule has 176 valence electrons. The third kappa shape index (κ3) is 7.02. The lowest BCUT2D eigenvalue weighted by Crippen LogP contribution is -2.27. The number of aromatic nitrogens is 2. The lowest BCUT2D eigenvalue weighted by atomic mass is 10.2. The van der Waals surface area contributed by atoms with Crippen LogP contribution >= 0.6 is 23.2 Å². The van der Waals surface area contributed by atoms with Gasteiger partial charge in [-0.05, 0) is 42.3 Å². The molecule has 0 saturated carbocycles. The molecule has 1 heterocycles. The molecular weight excluding hydrogens is 467 g/mol. The van der Waals surface area contributed by atoms with Crippen molar-refractivity contribution in [2.75, 3.05) is 13.7 Å². The normalized spacial score (nSPS) is 10.8. The monoisotopic (exact) mass is 492 g/mol. The number of amides is 1. The van der Waals surface area contributed by atoms with E-state index in [2.05, 4.69) is 15.7 Å². The van der Waals surface area contributed by atoms with E-state index in [0.29, 0.717) is 47.6 Å². The maximum absolute atomic E-state index is 10.9. The first-order chi connectivity index (χ1) is 15.9. The number of carboxylic acid groups (broad SMARTS) is 1. The average molecular weight is 493 g/mol. The summed E-state index contributed by atoms with van der Waals surface area (Å²) in [4.78, 5) is 10.9. The van der Waals surface area contributed by atoms with E-state index in [0.717, 1.165) is 22.7 Å². The van der Waals surface area contributed by atoms with Crippen molar-refractivity contribution in [1.29, 1.82) is 0 Å².